The van der Waals surface area contributed by atoms with E-state index >= 15 is 0 Å². The second kappa shape index (κ2) is 14.3. The van der Waals surface area contributed by atoms with Crippen molar-refractivity contribution in [2.24, 2.45) is 0 Å². The highest BCUT2D eigenvalue weighted by Crippen LogP contribution is 2.30. The van der Waals surface area contributed by atoms with E-state index in [0.717, 1.165) is 41.1 Å². The lowest BCUT2D eigenvalue weighted by atomic mass is 10.1. The summed E-state index contributed by atoms with van der Waals surface area (Å²) in [5, 5.41) is 4.17. The lowest BCUT2D eigenvalue weighted by molar-refractivity contribution is -0.140. The van der Waals surface area contributed by atoms with Crippen molar-refractivity contribution in [2.45, 2.75) is 76.4 Å². The van der Waals surface area contributed by atoms with Gasteiger partial charge in [-0.3, -0.25) is 13.9 Å². The van der Waals surface area contributed by atoms with E-state index in [1.807, 2.05) is 26.8 Å². The molecule has 0 bridgehead atoms. The third-order valence-corrected chi connectivity index (χ3v) is 10.7. The van der Waals surface area contributed by atoms with Crippen molar-refractivity contribution in [3.8, 4) is 0 Å². The first-order valence-corrected chi connectivity index (χ1v) is 16.9. The summed E-state index contributed by atoms with van der Waals surface area (Å²) in [6.07, 6.45) is 4.14. The summed E-state index contributed by atoms with van der Waals surface area (Å²) < 4.78 is 29.2. The molecule has 1 atom stereocenters. The zero-order valence-corrected chi connectivity index (χ0v) is 27.5. The van der Waals surface area contributed by atoms with Crippen LogP contribution in [-0.2, 0) is 26.2 Å². The van der Waals surface area contributed by atoms with Gasteiger partial charge in [-0.2, -0.15) is 0 Å². The number of amides is 2. The number of nitrogens with one attached hydrogen (secondary N) is 1. The molecule has 1 aliphatic rings. The van der Waals surface area contributed by atoms with Crippen LogP contribution in [0.15, 0.2) is 65.6 Å². The Bertz CT molecular complexity index is 1550. The van der Waals surface area contributed by atoms with Gasteiger partial charge in [0.05, 0.1) is 10.6 Å². The van der Waals surface area contributed by atoms with Crippen LogP contribution in [-0.4, -0.2) is 43.8 Å². The molecular weight excluding hydrogens is 629 g/mol. The van der Waals surface area contributed by atoms with Crippen LogP contribution >= 0.6 is 34.8 Å². The molecule has 3 aromatic carbocycles. The smallest absolute Gasteiger partial charge is 0.264 e. The van der Waals surface area contributed by atoms with Gasteiger partial charge in [0, 0.05) is 33.2 Å². The molecule has 2 amide bonds. The molecule has 0 aliphatic heterocycles. The molecule has 0 spiro atoms. The van der Waals surface area contributed by atoms with Crippen LogP contribution in [0.3, 0.4) is 0 Å². The minimum absolute atomic E-state index is 0.0188. The molecule has 0 heterocycles. The van der Waals surface area contributed by atoms with E-state index in [0.29, 0.717) is 32.7 Å². The number of carbonyl (C=O) groups excluding carboxylic acids is 2. The number of carbonyl (C=O) groups is 2. The Morgan fingerprint density at radius 3 is 2.14 bits per heavy atom. The Labute approximate surface area is 269 Å². The van der Waals surface area contributed by atoms with E-state index in [4.69, 9.17) is 34.8 Å². The van der Waals surface area contributed by atoms with Gasteiger partial charge in [0.1, 0.15) is 12.6 Å². The van der Waals surface area contributed by atoms with E-state index in [1.54, 1.807) is 30.3 Å². The molecule has 7 nitrogen and oxygen atoms in total. The Morgan fingerprint density at radius 2 is 1.56 bits per heavy atom. The number of halogens is 3. The lowest BCUT2D eigenvalue weighted by Gasteiger charge is -2.34. The molecule has 1 N–H and O–H groups in total. The maximum Gasteiger partial charge on any atom is 0.264 e. The van der Waals surface area contributed by atoms with Crippen molar-refractivity contribution >= 4 is 62.3 Å². The molecule has 1 fully saturated rings. The summed E-state index contributed by atoms with van der Waals surface area (Å²) in [5.41, 5.74) is 2.64. The van der Waals surface area contributed by atoms with Crippen molar-refractivity contribution in [1.29, 1.82) is 0 Å². The van der Waals surface area contributed by atoms with Gasteiger partial charge >= 0.3 is 0 Å². The van der Waals surface area contributed by atoms with E-state index in [1.165, 1.54) is 29.2 Å². The van der Waals surface area contributed by atoms with E-state index in [2.05, 4.69) is 5.32 Å². The number of sulfonamides is 1. The molecule has 230 valence electrons. The quantitative estimate of drug-likeness (QED) is 0.233. The average Bonchev–Trinajstić information content (AvgIpc) is 3.47. The topological polar surface area (TPSA) is 86.8 Å². The van der Waals surface area contributed by atoms with E-state index < -0.39 is 28.5 Å². The molecule has 43 heavy (non-hydrogen) atoms. The molecule has 3 aromatic rings. The zero-order chi connectivity index (χ0) is 31.3. The monoisotopic (exact) mass is 663 g/mol. The van der Waals surface area contributed by atoms with Crippen LogP contribution in [0.1, 0.15) is 55.7 Å². The van der Waals surface area contributed by atoms with Crippen molar-refractivity contribution in [2.75, 3.05) is 10.8 Å². The highest BCUT2D eigenvalue weighted by Gasteiger charge is 2.35. The number of aryl methyl sites for hydroxylation is 2. The number of anilines is 1. The van der Waals surface area contributed by atoms with Crippen LogP contribution in [0.4, 0.5) is 5.69 Å². The summed E-state index contributed by atoms with van der Waals surface area (Å²) in [4.78, 5) is 29.3. The molecule has 1 unspecified atom stereocenters. The Morgan fingerprint density at radius 1 is 0.930 bits per heavy atom. The molecule has 1 aliphatic carbocycles. The van der Waals surface area contributed by atoms with Gasteiger partial charge in [-0.15, -0.1) is 0 Å². The van der Waals surface area contributed by atoms with Crippen LogP contribution < -0.4 is 9.62 Å². The molecular formula is C32H36Cl3N3O4S. The van der Waals surface area contributed by atoms with Gasteiger partial charge < -0.3 is 10.2 Å². The zero-order valence-electron chi connectivity index (χ0n) is 24.4. The van der Waals surface area contributed by atoms with Crippen LogP contribution in [0.25, 0.3) is 0 Å². The molecule has 0 radical (unpaired) electrons. The fourth-order valence-electron chi connectivity index (χ4n) is 5.28. The van der Waals surface area contributed by atoms with Crippen molar-refractivity contribution < 1.29 is 18.0 Å². The summed E-state index contributed by atoms with van der Waals surface area (Å²) in [7, 11) is -4.22. The number of hydrogen-bond acceptors (Lipinski definition) is 4. The van der Waals surface area contributed by atoms with Crippen molar-refractivity contribution in [1.82, 2.24) is 10.2 Å². The standard InChI is InChI=1S/C32H36Cl3N3O4S/c1-4-30(32(40)36-24-8-5-6-9-24)37(19-27-28(34)10-7-11-29(27)35)31(39)20-38(25-15-12-21(2)22(3)18-25)43(41,42)26-16-13-23(33)14-17-26/h7,10-18,24,30H,4-6,8-9,19-20H2,1-3H3,(H,36,40). The molecule has 0 aromatic heterocycles. The number of rotatable bonds is 11. The van der Waals surface area contributed by atoms with Gasteiger partial charge in [0.25, 0.3) is 10.0 Å². The summed E-state index contributed by atoms with van der Waals surface area (Å²) in [5.74, 6) is -0.857. The van der Waals surface area contributed by atoms with E-state index in [9.17, 15) is 18.0 Å². The maximum absolute atomic E-state index is 14.3. The van der Waals surface area contributed by atoms with Gasteiger partial charge in [0.2, 0.25) is 11.8 Å². The third-order valence-electron chi connectivity index (χ3n) is 7.94. The lowest BCUT2D eigenvalue weighted by Crippen LogP contribution is -2.53. The van der Waals surface area contributed by atoms with Gasteiger partial charge in [-0.1, -0.05) is 66.7 Å². The second-order valence-electron chi connectivity index (χ2n) is 10.9. The predicted octanol–water partition coefficient (Wildman–Crippen LogP) is 7.33. The average molecular weight is 665 g/mol. The molecule has 0 saturated heterocycles. The number of nitrogens with zero attached hydrogens (tertiary/aromatic N) is 2. The summed E-state index contributed by atoms with van der Waals surface area (Å²) >= 11 is 19.0. The molecule has 1 saturated carbocycles. The first-order chi connectivity index (χ1) is 20.4. The van der Waals surface area contributed by atoms with Crippen molar-refractivity contribution in [3.63, 3.8) is 0 Å². The van der Waals surface area contributed by atoms with Gasteiger partial charge in [-0.05, 0) is 92.8 Å². The Hall–Kier alpha value is -2.78. The number of benzene rings is 3. The van der Waals surface area contributed by atoms with Gasteiger partial charge in [-0.25, -0.2) is 8.42 Å². The largest absolute Gasteiger partial charge is 0.352 e. The first-order valence-electron chi connectivity index (χ1n) is 14.3. The normalized spacial score (nSPS) is 14.4. The molecule has 11 heteroatoms. The second-order valence-corrected chi connectivity index (χ2v) is 14.0. The minimum atomic E-state index is -4.22. The SMILES string of the molecule is CCC(C(=O)NC1CCCC1)N(Cc1c(Cl)cccc1Cl)C(=O)CN(c1ccc(C)c(C)c1)S(=O)(=O)c1ccc(Cl)cc1. The van der Waals surface area contributed by atoms with E-state index in [-0.39, 0.29) is 23.4 Å². The minimum Gasteiger partial charge on any atom is -0.352 e. The number of hydrogen-bond donors (Lipinski definition) is 1. The Kier molecular flexibility index (Phi) is 11.0. The fourth-order valence-corrected chi connectivity index (χ4v) is 7.33. The van der Waals surface area contributed by atoms with Crippen LogP contribution in [0.5, 0.6) is 0 Å². The van der Waals surface area contributed by atoms with Crippen LogP contribution in [0, 0.1) is 13.8 Å². The van der Waals surface area contributed by atoms with Gasteiger partial charge in [0.15, 0.2) is 0 Å². The molecule has 4 rings (SSSR count). The third kappa shape index (κ3) is 7.85. The highest BCUT2D eigenvalue weighted by molar-refractivity contribution is 7.92. The summed E-state index contributed by atoms with van der Waals surface area (Å²) in [6, 6.07) is 15.2. The maximum atomic E-state index is 14.3. The predicted molar refractivity (Wildman–Crippen MR) is 173 cm³/mol. The first kappa shape index (κ1) is 33.1. The summed E-state index contributed by atoms with van der Waals surface area (Å²) in [6.45, 7) is 4.99. The fraction of sp³-hybridized carbons (Fsp3) is 0.375. The van der Waals surface area contributed by atoms with Crippen molar-refractivity contribution in [3.05, 3.63) is 92.4 Å². The highest BCUT2D eigenvalue weighted by atomic mass is 35.5. The Balaban J connectivity index is 1.76. The van der Waals surface area contributed by atoms with Crippen LogP contribution in [0.2, 0.25) is 15.1 Å².